The Balaban J connectivity index is 0.00000169. The van der Waals surface area contributed by atoms with Crippen molar-refractivity contribution in [3.63, 3.8) is 0 Å². The zero-order valence-corrected chi connectivity index (χ0v) is 13.6. The van der Waals surface area contributed by atoms with Gasteiger partial charge in [-0.3, -0.25) is 0 Å². The van der Waals surface area contributed by atoms with Gasteiger partial charge in [-0.25, -0.2) is 0 Å². The lowest BCUT2D eigenvalue weighted by Crippen LogP contribution is -2.29. The molecular formula is C16H17ClF3N3O. The fraction of sp³-hybridized carbons (Fsp3) is 0.500. The average Bonchev–Trinajstić information content (AvgIpc) is 3.00. The summed E-state index contributed by atoms with van der Waals surface area (Å²) in [5.74, 6) is 1.03. The number of benzene rings is 1. The molecule has 130 valence electrons. The number of nitrogens with one attached hydrogen (secondary N) is 1. The smallest absolute Gasteiger partial charge is 0.339 e. The molecular weight excluding hydrogens is 343 g/mol. The summed E-state index contributed by atoms with van der Waals surface area (Å²) >= 11 is 0. The molecule has 2 aliphatic rings. The van der Waals surface area contributed by atoms with E-state index in [9.17, 15) is 13.2 Å². The highest BCUT2D eigenvalue weighted by Crippen LogP contribution is 2.63. The molecule has 1 spiro atoms. The van der Waals surface area contributed by atoms with Crippen LogP contribution in [0.2, 0.25) is 0 Å². The SMILES string of the molecule is Cl.FC(F)(F)c1cccc(-c2noc(C3CC34CCNCC4)n2)c1. The molecule has 2 heterocycles. The van der Waals surface area contributed by atoms with Crippen LogP contribution >= 0.6 is 12.4 Å². The number of halogens is 4. The Morgan fingerprint density at radius 2 is 1.96 bits per heavy atom. The zero-order chi connectivity index (χ0) is 16.1. The van der Waals surface area contributed by atoms with Gasteiger partial charge in [0.25, 0.3) is 0 Å². The summed E-state index contributed by atoms with van der Waals surface area (Å²) < 4.78 is 43.7. The Bertz CT molecular complexity index is 725. The van der Waals surface area contributed by atoms with Gasteiger partial charge < -0.3 is 9.84 Å². The molecule has 1 unspecified atom stereocenters. The summed E-state index contributed by atoms with van der Waals surface area (Å²) in [6.07, 6.45) is -1.19. The van der Waals surface area contributed by atoms with Crippen molar-refractivity contribution in [2.24, 2.45) is 5.41 Å². The fourth-order valence-corrected chi connectivity index (χ4v) is 3.50. The van der Waals surface area contributed by atoms with Crippen LogP contribution in [0, 0.1) is 5.41 Å². The van der Waals surface area contributed by atoms with Crippen molar-refractivity contribution < 1.29 is 17.7 Å². The van der Waals surface area contributed by atoms with Crippen LogP contribution in [0.25, 0.3) is 11.4 Å². The molecule has 1 aliphatic heterocycles. The molecule has 8 heteroatoms. The Kier molecular flexibility index (Phi) is 4.34. The van der Waals surface area contributed by atoms with Gasteiger partial charge in [0.2, 0.25) is 11.7 Å². The van der Waals surface area contributed by atoms with Crippen LogP contribution in [0.1, 0.15) is 36.6 Å². The second-order valence-corrected chi connectivity index (χ2v) is 6.40. The van der Waals surface area contributed by atoms with Gasteiger partial charge in [-0.1, -0.05) is 17.3 Å². The van der Waals surface area contributed by atoms with Crippen LogP contribution in [0.3, 0.4) is 0 Å². The first-order valence-electron chi connectivity index (χ1n) is 7.70. The van der Waals surface area contributed by atoms with Gasteiger partial charge in [-0.2, -0.15) is 18.2 Å². The van der Waals surface area contributed by atoms with Crippen LogP contribution in [-0.2, 0) is 6.18 Å². The standard InChI is InChI=1S/C16H16F3N3O.ClH/c17-16(18,19)11-3-1-2-10(8-11)13-21-14(23-22-13)12-9-15(12)4-6-20-7-5-15;/h1-3,8,12,20H,4-7,9H2;1H. The Hall–Kier alpha value is -1.60. The van der Waals surface area contributed by atoms with Gasteiger partial charge in [0.1, 0.15) is 0 Å². The molecule has 0 amide bonds. The number of rotatable bonds is 2. The first-order chi connectivity index (χ1) is 11.0. The number of aromatic nitrogens is 2. The van der Waals surface area contributed by atoms with E-state index in [2.05, 4.69) is 15.5 Å². The lowest BCUT2D eigenvalue weighted by Gasteiger charge is -2.22. The summed E-state index contributed by atoms with van der Waals surface area (Å²) in [6, 6.07) is 5.02. The fourth-order valence-electron chi connectivity index (χ4n) is 3.50. The van der Waals surface area contributed by atoms with Gasteiger partial charge in [-0.05, 0) is 49.9 Å². The summed E-state index contributed by atoms with van der Waals surface area (Å²) in [5, 5.41) is 7.21. The molecule has 4 rings (SSSR count). The van der Waals surface area contributed by atoms with Crippen molar-refractivity contribution in [2.75, 3.05) is 13.1 Å². The number of hydrogen-bond donors (Lipinski definition) is 1. The molecule has 1 atom stereocenters. The molecule has 1 aromatic carbocycles. The van der Waals surface area contributed by atoms with Crippen LogP contribution < -0.4 is 5.32 Å². The van der Waals surface area contributed by atoms with Gasteiger partial charge in [0.05, 0.1) is 5.56 Å². The van der Waals surface area contributed by atoms with E-state index in [1.165, 1.54) is 6.07 Å². The highest BCUT2D eigenvalue weighted by molar-refractivity contribution is 5.85. The monoisotopic (exact) mass is 359 g/mol. The second kappa shape index (κ2) is 6.04. The van der Waals surface area contributed by atoms with E-state index in [1.807, 2.05) is 0 Å². The van der Waals surface area contributed by atoms with Gasteiger partial charge in [0, 0.05) is 11.5 Å². The molecule has 2 fully saturated rings. The van der Waals surface area contributed by atoms with E-state index in [4.69, 9.17) is 4.52 Å². The molecule has 1 aromatic heterocycles. The molecule has 1 saturated carbocycles. The number of nitrogens with zero attached hydrogens (tertiary/aromatic N) is 2. The third kappa shape index (κ3) is 3.02. The quantitative estimate of drug-likeness (QED) is 0.879. The van der Waals surface area contributed by atoms with E-state index in [0.29, 0.717) is 11.5 Å². The van der Waals surface area contributed by atoms with E-state index < -0.39 is 11.7 Å². The van der Waals surface area contributed by atoms with Crippen LogP contribution in [-0.4, -0.2) is 23.2 Å². The van der Waals surface area contributed by atoms with Crippen molar-refractivity contribution >= 4 is 12.4 Å². The zero-order valence-electron chi connectivity index (χ0n) is 12.8. The summed E-state index contributed by atoms with van der Waals surface area (Å²) in [7, 11) is 0. The minimum Gasteiger partial charge on any atom is -0.339 e. The van der Waals surface area contributed by atoms with Crippen molar-refractivity contribution in [3.8, 4) is 11.4 Å². The van der Waals surface area contributed by atoms with Crippen molar-refractivity contribution in [1.82, 2.24) is 15.5 Å². The van der Waals surface area contributed by atoms with E-state index in [-0.39, 0.29) is 29.6 Å². The minimum absolute atomic E-state index is 0. The molecule has 1 aliphatic carbocycles. The second-order valence-electron chi connectivity index (χ2n) is 6.40. The van der Waals surface area contributed by atoms with Crippen molar-refractivity contribution in [1.29, 1.82) is 0 Å². The molecule has 0 radical (unpaired) electrons. The first-order valence-corrected chi connectivity index (χ1v) is 7.70. The van der Waals surface area contributed by atoms with Crippen LogP contribution in [0.5, 0.6) is 0 Å². The number of alkyl halides is 3. The van der Waals surface area contributed by atoms with Gasteiger partial charge >= 0.3 is 6.18 Å². The molecule has 1 N–H and O–H groups in total. The third-order valence-electron chi connectivity index (χ3n) is 4.98. The van der Waals surface area contributed by atoms with Crippen LogP contribution in [0.15, 0.2) is 28.8 Å². The summed E-state index contributed by atoms with van der Waals surface area (Å²) in [5.41, 5.74) is -0.125. The Morgan fingerprint density at radius 1 is 1.21 bits per heavy atom. The summed E-state index contributed by atoms with van der Waals surface area (Å²) in [6.45, 7) is 1.98. The predicted octanol–water partition coefficient (Wildman–Crippen LogP) is 4.03. The molecule has 0 bridgehead atoms. The Labute approximate surface area is 143 Å². The van der Waals surface area contributed by atoms with Crippen molar-refractivity contribution in [2.45, 2.75) is 31.4 Å². The first kappa shape index (κ1) is 17.2. The third-order valence-corrected chi connectivity index (χ3v) is 4.98. The lowest BCUT2D eigenvalue weighted by molar-refractivity contribution is -0.137. The predicted molar refractivity (Wildman–Crippen MR) is 83.9 cm³/mol. The van der Waals surface area contributed by atoms with E-state index in [0.717, 1.165) is 44.5 Å². The maximum Gasteiger partial charge on any atom is 0.416 e. The number of hydrogen-bond acceptors (Lipinski definition) is 4. The van der Waals surface area contributed by atoms with Crippen LogP contribution in [0.4, 0.5) is 13.2 Å². The van der Waals surface area contributed by atoms with E-state index >= 15 is 0 Å². The maximum atomic E-state index is 12.8. The highest BCUT2D eigenvalue weighted by Gasteiger charge is 2.57. The Morgan fingerprint density at radius 3 is 2.67 bits per heavy atom. The van der Waals surface area contributed by atoms with Gasteiger partial charge in [-0.15, -0.1) is 12.4 Å². The normalized spacial score (nSPS) is 22.2. The molecule has 1 saturated heterocycles. The minimum atomic E-state index is -4.38. The maximum absolute atomic E-state index is 12.8. The largest absolute Gasteiger partial charge is 0.416 e. The van der Waals surface area contributed by atoms with Crippen molar-refractivity contribution in [3.05, 3.63) is 35.7 Å². The highest BCUT2D eigenvalue weighted by atomic mass is 35.5. The van der Waals surface area contributed by atoms with E-state index in [1.54, 1.807) is 6.07 Å². The number of piperidine rings is 1. The molecule has 4 nitrogen and oxygen atoms in total. The topological polar surface area (TPSA) is 51.0 Å². The molecule has 24 heavy (non-hydrogen) atoms. The lowest BCUT2D eigenvalue weighted by atomic mass is 9.92. The molecule has 2 aromatic rings. The summed E-state index contributed by atoms with van der Waals surface area (Å²) in [4.78, 5) is 4.35. The average molecular weight is 360 g/mol. The van der Waals surface area contributed by atoms with Gasteiger partial charge in [0.15, 0.2) is 0 Å².